The number of fused-ring (bicyclic) bond motifs is 1. The molecule has 1 aromatic carbocycles. The Bertz CT molecular complexity index is 781. The van der Waals surface area contributed by atoms with Crippen molar-refractivity contribution in [3.05, 3.63) is 57.8 Å². The van der Waals surface area contributed by atoms with E-state index in [4.69, 9.17) is 9.47 Å². The average molecular weight is 357 g/mol. The third-order valence-corrected chi connectivity index (χ3v) is 5.48. The van der Waals surface area contributed by atoms with E-state index in [1.54, 1.807) is 16.2 Å². The maximum absolute atomic E-state index is 12.3. The molecule has 1 aliphatic rings. The van der Waals surface area contributed by atoms with Crippen LogP contribution in [0.4, 0.5) is 0 Å². The molecule has 0 bridgehead atoms. The van der Waals surface area contributed by atoms with Gasteiger partial charge in [0.05, 0.1) is 13.2 Å². The van der Waals surface area contributed by atoms with E-state index in [-0.39, 0.29) is 5.91 Å². The van der Waals surface area contributed by atoms with Gasteiger partial charge in [0.1, 0.15) is 0 Å². The molecule has 25 heavy (non-hydrogen) atoms. The van der Waals surface area contributed by atoms with Gasteiger partial charge in [-0.1, -0.05) is 12.6 Å². The van der Waals surface area contributed by atoms with Crippen molar-refractivity contribution < 1.29 is 14.3 Å². The van der Waals surface area contributed by atoms with E-state index in [0.717, 1.165) is 23.5 Å². The van der Waals surface area contributed by atoms with Crippen LogP contribution in [0.3, 0.4) is 0 Å². The van der Waals surface area contributed by atoms with E-state index in [1.807, 2.05) is 18.2 Å². The van der Waals surface area contributed by atoms with E-state index >= 15 is 0 Å². The van der Waals surface area contributed by atoms with Gasteiger partial charge in [-0.05, 0) is 54.1 Å². The zero-order chi connectivity index (χ0) is 17.8. The minimum atomic E-state index is -0.0737. The lowest BCUT2D eigenvalue weighted by Gasteiger charge is -2.22. The lowest BCUT2D eigenvalue weighted by atomic mass is 10.1. The summed E-state index contributed by atoms with van der Waals surface area (Å²) in [6, 6.07) is 5.88. The number of carbonyl (C=O) groups is 1. The summed E-state index contributed by atoms with van der Waals surface area (Å²) in [7, 11) is 0. The molecule has 132 valence electrons. The molecule has 4 nitrogen and oxygen atoms in total. The fourth-order valence-corrected chi connectivity index (χ4v) is 3.67. The number of benzene rings is 1. The Morgan fingerprint density at radius 1 is 1.24 bits per heavy atom. The third kappa shape index (κ3) is 4.04. The predicted molar refractivity (Wildman–Crippen MR) is 100 cm³/mol. The molecule has 0 atom stereocenters. The van der Waals surface area contributed by atoms with Crippen molar-refractivity contribution in [2.24, 2.45) is 0 Å². The van der Waals surface area contributed by atoms with Gasteiger partial charge in [0.25, 0.3) is 0 Å². The lowest BCUT2D eigenvalue weighted by Crippen LogP contribution is -2.28. The first kappa shape index (κ1) is 17.5. The first-order valence-corrected chi connectivity index (χ1v) is 9.30. The SMILES string of the molecule is C=CC(=O)N(Cc1ccc2c(c1)OCCCO2)Cc1csc(C)c1C. The average Bonchev–Trinajstić information content (AvgIpc) is 2.81. The van der Waals surface area contributed by atoms with Crippen LogP contribution < -0.4 is 9.47 Å². The zero-order valence-corrected chi connectivity index (χ0v) is 15.5. The molecule has 3 rings (SSSR count). The van der Waals surface area contributed by atoms with Gasteiger partial charge in [-0.2, -0.15) is 0 Å². The van der Waals surface area contributed by atoms with Crippen molar-refractivity contribution >= 4 is 17.2 Å². The second-order valence-electron chi connectivity index (χ2n) is 6.17. The van der Waals surface area contributed by atoms with Crippen LogP contribution >= 0.6 is 11.3 Å². The van der Waals surface area contributed by atoms with Gasteiger partial charge in [-0.25, -0.2) is 0 Å². The van der Waals surface area contributed by atoms with Crippen LogP contribution in [-0.4, -0.2) is 24.0 Å². The van der Waals surface area contributed by atoms with Crippen molar-refractivity contribution in [3.8, 4) is 11.5 Å². The number of amides is 1. The van der Waals surface area contributed by atoms with Gasteiger partial charge in [0.15, 0.2) is 11.5 Å². The first-order valence-electron chi connectivity index (χ1n) is 8.42. The smallest absolute Gasteiger partial charge is 0.246 e. The number of thiophene rings is 1. The minimum absolute atomic E-state index is 0.0737. The number of nitrogens with zero attached hydrogens (tertiary/aromatic N) is 1. The highest BCUT2D eigenvalue weighted by Crippen LogP contribution is 2.31. The normalized spacial score (nSPS) is 13.2. The molecule has 5 heteroatoms. The molecular weight excluding hydrogens is 334 g/mol. The third-order valence-electron chi connectivity index (χ3n) is 4.42. The number of hydrogen-bond donors (Lipinski definition) is 0. The molecule has 2 aromatic rings. The Labute approximate surface area is 152 Å². The van der Waals surface area contributed by atoms with Crippen molar-refractivity contribution in [2.45, 2.75) is 33.4 Å². The van der Waals surface area contributed by atoms with Crippen LogP contribution in [0.2, 0.25) is 0 Å². The summed E-state index contributed by atoms with van der Waals surface area (Å²) < 4.78 is 11.4. The summed E-state index contributed by atoms with van der Waals surface area (Å²) in [5, 5.41) is 2.13. The van der Waals surface area contributed by atoms with E-state index in [2.05, 4.69) is 25.8 Å². The molecule has 0 aliphatic carbocycles. The van der Waals surface area contributed by atoms with E-state index in [0.29, 0.717) is 26.3 Å². The molecule has 1 amide bonds. The Kier molecular flexibility index (Phi) is 5.43. The van der Waals surface area contributed by atoms with Crippen molar-refractivity contribution in [2.75, 3.05) is 13.2 Å². The largest absolute Gasteiger partial charge is 0.490 e. The molecule has 1 aromatic heterocycles. The summed E-state index contributed by atoms with van der Waals surface area (Å²) in [6.45, 7) is 10.3. The molecule has 0 fully saturated rings. The number of hydrogen-bond acceptors (Lipinski definition) is 4. The molecular formula is C20H23NO3S. The summed E-state index contributed by atoms with van der Waals surface area (Å²) in [5.74, 6) is 1.45. The Hall–Kier alpha value is -2.27. The van der Waals surface area contributed by atoms with Crippen LogP contribution in [0.5, 0.6) is 11.5 Å². The molecule has 0 N–H and O–H groups in total. The van der Waals surface area contributed by atoms with Gasteiger partial charge >= 0.3 is 0 Å². The number of ether oxygens (including phenoxy) is 2. The standard InChI is InChI=1S/C20H23NO3S/c1-4-20(22)21(12-17-13-25-15(3)14(17)2)11-16-6-7-18-19(10-16)24-9-5-8-23-18/h4,6-7,10,13H,1,5,8-9,11-12H2,2-3H3. The molecule has 1 aliphatic heterocycles. The molecule has 0 radical (unpaired) electrons. The zero-order valence-electron chi connectivity index (χ0n) is 14.7. The van der Waals surface area contributed by atoms with E-state index < -0.39 is 0 Å². The minimum Gasteiger partial charge on any atom is -0.490 e. The topological polar surface area (TPSA) is 38.8 Å². The van der Waals surface area contributed by atoms with Crippen LogP contribution in [-0.2, 0) is 17.9 Å². The Morgan fingerprint density at radius 2 is 2.00 bits per heavy atom. The predicted octanol–water partition coefficient (Wildman–Crippen LogP) is 4.24. The van der Waals surface area contributed by atoms with Crippen LogP contribution in [0, 0.1) is 13.8 Å². The lowest BCUT2D eigenvalue weighted by molar-refractivity contribution is -0.127. The monoisotopic (exact) mass is 357 g/mol. The summed E-state index contributed by atoms with van der Waals surface area (Å²) in [5.41, 5.74) is 3.46. The Balaban J connectivity index is 1.80. The van der Waals surface area contributed by atoms with Gasteiger partial charge in [0.2, 0.25) is 5.91 Å². The highest BCUT2D eigenvalue weighted by Gasteiger charge is 2.17. The first-order chi connectivity index (χ1) is 12.1. The van der Waals surface area contributed by atoms with Crippen LogP contribution in [0.15, 0.2) is 36.2 Å². The molecule has 2 heterocycles. The number of aryl methyl sites for hydroxylation is 1. The van der Waals surface area contributed by atoms with E-state index in [9.17, 15) is 4.79 Å². The van der Waals surface area contributed by atoms with Crippen molar-refractivity contribution in [1.29, 1.82) is 0 Å². The molecule has 0 saturated carbocycles. The van der Waals surface area contributed by atoms with Crippen molar-refractivity contribution in [3.63, 3.8) is 0 Å². The highest BCUT2D eigenvalue weighted by molar-refractivity contribution is 7.10. The quantitative estimate of drug-likeness (QED) is 0.751. The van der Waals surface area contributed by atoms with Crippen LogP contribution in [0.25, 0.3) is 0 Å². The van der Waals surface area contributed by atoms with Crippen LogP contribution in [0.1, 0.15) is 28.0 Å². The molecule has 0 spiro atoms. The van der Waals surface area contributed by atoms with Gasteiger partial charge in [-0.15, -0.1) is 11.3 Å². The van der Waals surface area contributed by atoms with E-state index in [1.165, 1.54) is 22.1 Å². The Morgan fingerprint density at radius 3 is 2.68 bits per heavy atom. The van der Waals surface area contributed by atoms with Gasteiger partial charge in [-0.3, -0.25) is 4.79 Å². The summed E-state index contributed by atoms with van der Waals surface area (Å²) >= 11 is 1.72. The maximum atomic E-state index is 12.3. The number of rotatable bonds is 5. The summed E-state index contributed by atoms with van der Waals surface area (Å²) in [6.07, 6.45) is 2.25. The van der Waals surface area contributed by atoms with Crippen molar-refractivity contribution in [1.82, 2.24) is 4.90 Å². The second-order valence-corrected chi connectivity index (χ2v) is 7.26. The molecule has 0 unspecified atom stereocenters. The van der Waals surface area contributed by atoms with Gasteiger partial charge < -0.3 is 14.4 Å². The van der Waals surface area contributed by atoms with Gasteiger partial charge in [0, 0.05) is 24.4 Å². The fraction of sp³-hybridized carbons (Fsp3) is 0.350. The highest BCUT2D eigenvalue weighted by atomic mass is 32.1. The summed E-state index contributed by atoms with van der Waals surface area (Å²) in [4.78, 5) is 15.4. The molecule has 0 saturated heterocycles. The number of carbonyl (C=O) groups excluding carboxylic acids is 1. The maximum Gasteiger partial charge on any atom is 0.246 e. The fourth-order valence-electron chi connectivity index (χ4n) is 2.79. The second kappa shape index (κ2) is 7.74.